The molecule has 6 aromatic carbocycles. The first-order chi connectivity index (χ1) is 33.9. The van der Waals surface area contributed by atoms with Gasteiger partial charge in [0.2, 0.25) is 0 Å². The maximum Gasteiger partial charge on any atom is 0.335 e. The standard InChI is InChI=1S/C62H72O10/c1-60(2,3)49-29-41-19-35-17-16-18-36(52(35)67-10)20-42-30-50(61(4,5)6)32-44(56(42)71-14)22-38-26-48(59(65)66)28-40(54(38)69-12)24-46-34-51(62(7,8)9)33-45(57(46)72-15)23-39-27-47(58(63)64)25-37(53(39)68-11)21-43(31-49)55(41)70-13/h16-18,25-34H,19-24H2,1-15H3,(H,63,64)(H,65,66). The molecule has 380 valence electrons. The van der Waals surface area contributed by atoms with E-state index in [2.05, 4.69) is 117 Å². The Kier molecular flexibility index (Phi) is 15.2. The second kappa shape index (κ2) is 20.7. The molecule has 6 aromatic rings. The maximum atomic E-state index is 13.1. The molecule has 0 saturated heterocycles. The summed E-state index contributed by atoms with van der Waals surface area (Å²) in [5, 5.41) is 21.3. The van der Waals surface area contributed by atoms with Gasteiger partial charge in [0.15, 0.2) is 0 Å². The van der Waals surface area contributed by atoms with Crippen LogP contribution in [0, 0.1) is 0 Å². The number of aromatic carboxylic acids is 2. The number of para-hydroxylation sites is 1. The predicted molar refractivity (Wildman–Crippen MR) is 285 cm³/mol. The van der Waals surface area contributed by atoms with Crippen molar-refractivity contribution in [1.82, 2.24) is 0 Å². The molecular formula is C62H72O10. The van der Waals surface area contributed by atoms with Crippen LogP contribution in [0.3, 0.4) is 0 Å². The van der Waals surface area contributed by atoms with Gasteiger partial charge in [-0.05, 0) is 124 Å². The molecule has 0 aromatic heterocycles. The molecule has 10 heteroatoms. The molecule has 0 amide bonds. The van der Waals surface area contributed by atoms with Crippen LogP contribution < -0.4 is 28.4 Å². The van der Waals surface area contributed by atoms with Gasteiger partial charge in [0.05, 0.1) is 53.8 Å². The first kappa shape index (κ1) is 52.9. The second-order valence-corrected chi connectivity index (χ2v) is 22.2. The van der Waals surface area contributed by atoms with Crippen LogP contribution in [-0.2, 0) is 54.8 Å². The minimum Gasteiger partial charge on any atom is -0.496 e. The third-order valence-corrected chi connectivity index (χ3v) is 14.0. The first-order valence-corrected chi connectivity index (χ1v) is 24.5. The molecule has 0 spiro atoms. The molecule has 0 heterocycles. The van der Waals surface area contributed by atoms with Gasteiger partial charge < -0.3 is 38.6 Å². The highest BCUT2D eigenvalue weighted by Gasteiger charge is 2.29. The van der Waals surface area contributed by atoms with Crippen LogP contribution in [0.25, 0.3) is 0 Å². The van der Waals surface area contributed by atoms with Crippen molar-refractivity contribution < 1.29 is 48.2 Å². The summed E-state index contributed by atoms with van der Waals surface area (Å²) in [7, 11) is 9.94. The maximum absolute atomic E-state index is 13.1. The van der Waals surface area contributed by atoms with Crippen molar-refractivity contribution in [2.45, 2.75) is 117 Å². The fraction of sp³-hybridized carbons (Fsp3) is 0.387. The molecule has 0 aliphatic heterocycles. The van der Waals surface area contributed by atoms with Crippen LogP contribution in [0.4, 0.5) is 0 Å². The molecule has 72 heavy (non-hydrogen) atoms. The largest absolute Gasteiger partial charge is 0.496 e. The number of rotatable bonds is 8. The summed E-state index contributed by atoms with van der Waals surface area (Å²) in [6, 6.07) is 26.0. The van der Waals surface area contributed by atoms with E-state index in [-0.39, 0.29) is 40.2 Å². The van der Waals surface area contributed by atoms with Gasteiger partial charge in [-0.25, -0.2) is 9.59 Å². The zero-order valence-corrected chi connectivity index (χ0v) is 44.9. The van der Waals surface area contributed by atoms with E-state index in [1.54, 1.807) is 66.9 Å². The van der Waals surface area contributed by atoms with E-state index in [1.165, 1.54) is 0 Å². The Morgan fingerprint density at radius 1 is 0.333 bits per heavy atom. The Hall–Kier alpha value is -6.94. The molecule has 1 aliphatic rings. The van der Waals surface area contributed by atoms with Crippen molar-refractivity contribution in [3.8, 4) is 34.5 Å². The van der Waals surface area contributed by atoms with E-state index in [9.17, 15) is 19.8 Å². The number of hydrogen-bond donors (Lipinski definition) is 2. The highest BCUT2D eigenvalue weighted by Crippen LogP contribution is 2.44. The molecule has 0 fully saturated rings. The van der Waals surface area contributed by atoms with Gasteiger partial charge in [-0.1, -0.05) is 117 Å². The molecule has 1 aliphatic carbocycles. The lowest BCUT2D eigenvalue weighted by Crippen LogP contribution is -2.15. The van der Waals surface area contributed by atoms with Gasteiger partial charge in [0, 0.05) is 38.5 Å². The molecule has 0 unspecified atom stereocenters. The summed E-state index contributed by atoms with van der Waals surface area (Å²) in [5.41, 5.74) is 12.6. The monoisotopic (exact) mass is 977 g/mol. The SMILES string of the molecule is COc1c2cccc1Cc1cc(C(C)(C)C)cc(c1OC)Cc1cc(C(=O)O)cc(c1OC)Cc1cc(C(C)(C)C)cc(c1OC)Cc1cc(C(=O)O)cc(c1OC)Cc1cc(C(C)(C)C)cc(c1OC)C2. The number of methoxy groups -OCH3 is 6. The molecular weight excluding hydrogens is 905 g/mol. The van der Waals surface area contributed by atoms with E-state index in [4.69, 9.17) is 28.4 Å². The Labute approximate surface area is 426 Å². The van der Waals surface area contributed by atoms with Gasteiger partial charge in [-0.3, -0.25) is 0 Å². The number of benzene rings is 6. The van der Waals surface area contributed by atoms with Crippen LogP contribution in [0.1, 0.15) is 166 Å². The predicted octanol–water partition coefficient (Wildman–Crippen LogP) is 12.9. The van der Waals surface area contributed by atoms with Gasteiger partial charge in [0.25, 0.3) is 0 Å². The minimum absolute atomic E-state index is 0.125. The fourth-order valence-electron chi connectivity index (χ4n) is 10.4. The summed E-state index contributed by atoms with van der Waals surface area (Å²) in [6.07, 6.45) is 2.12. The molecule has 0 radical (unpaired) electrons. The fourth-order valence-corrected chi connectivity index (χ4v) is 10.4. The van der Waals surface area contributed by atoms with Crippen LogP contribution in [0.2, 0.25) is 0 Å². The summed E-state index contributed by atoms with van der Waals surface area (Å²) in [4.78, 5) is 26.1. The van der Waals surface area contributed by atoms with Crippen LogP contribution >= 0.6 is 0 Å². The third kappa shape index (κ3) is 10.9. The quantitative estimate of drug-likeness (QED) is 0.152. The molecule has 10 nitrogen and oxygen atoms in total. The van der Waals surface area contributed by atoms with Crippen LogP contribution in [0.15, 0.2) is 78.9 Å². The van der Waals surface area contributed by atoms with Crippen molar-refractivity contribution in [1.29, 1.82) is 0 Å². The Morgan fingerprint density at radius 2 is 0.514 bits per heavy atom. The number of fused-ring (bicyclic) bond motifs is 12. The lowest BCUT2D eigenvalue weighted by Gasteiger charge is -2.26. The Balaban J connectivity index is 1.60. The first-order valence-electron chi connectivity index (χ1n) is 24.5. The molecule has 2 N–H and O–H groups in total. The molecule has 0 atom stereocenters. The minimum atomic E-state index is -1.06. The summed E-state index contributed by atoms with van der Waals surface area (Å²) < 4.78 is 38.0. The number of carboxylic acid groups (broad SMARTS) is 2. The number of hydrogen-bond acceptors (Lipinski definition) is 8. The van der Waals surface area contributed by atoms with Crippen molar-refractivity contribution in [3.05, 3.63) is 173 Å². The van der Waals surface area contributed by atoms with Crippen molar-refractivity contribution in [2.24, 2.45) is 0 Å². The number of carbonyl (C=O) groups is 2. The summed E-state index contributed by atoms with van der Waals surface area (Å²) in [5.74, 6) is 1.74. The van der Waals surface area contributed by atoms with Gasteiger partial charge in [-0.2, -0.15) is 0 Å². The van der Waals surface area contributed by atoms with E-state index < -0.39 is 11.9 Å². The molecule has 7 rings (SSSR count). The molecule has 12 bridgehead atoms. The number of carboxylic acids is 2. The van der Waals surface area contributed by atoms with Gasteiger partial charge in [0.1, 0.15) is 34.5 Å². The highest BCUT2D eigenvalue weighted by molar-refractivity contribution is 5.89. The topological polar surface area (TPSA) is 130 Å². The Morgan fingerprint density at radius 3 is 0.694 bits per heavy atom. The lowest BCUT2D eigenvalue weighted by atomic mass is 9.81. The van der Waals surface area contributed by atoms with Crippen LogP contribution in [0.5, 0.6) is 34.5 Å². The smallest absolute Gasteiger partial charge is 0.335 e. The normalized spacial score (nSPS) is 13.1. The van der Waals surface area contributed by atoms with Crippen LogP contribution in [-0.4, -0.2) is 64.8 Å². The van der Waals surface area contributed by atoms with Crippen molar-refractivity contribution >= 4 is 11.9 Å². The average molecular weight is 977 g/mol. The zero-order chi connectivity index (χ0) is 52.6. The third-order valence-electron chi connectivity index (χ3n) is 14.0. The highest BCUT2D eigenvalue weighted by atomic mass is 16.5. The zero-order valence-electron chi connectivity index (χ0n) is 44.9. The second-order valence-electron chi connectivity index (χ2n) is 22.2. The summed E-state index contributed by atoms with van der Waals surface area (Å²) >= 11 is 0. The summed E-state index contributed by atoms with van der Waals surface area (Å²) in [6.45, 7) is 19.5. The van der Waals surface area contributed by atoms with Crippen molar-refractivity contribution in [2.75, 3.05) is 42.7 Å². The number of ether oxygens (including phenoxy) is 6. The van der Waals surface area contributed by atoms with E-state index >= 15 is 0 Å². The Bertz CT molecular complexity index is 2860. The van der Waals surface area contributed by atoms with E-state index in [0.717, 1.165) is 66.9 Å². The lowest BCUT2D eigenvalue weighted by molar-refractivity contribution is 0.0686. The van der Waals surface area contributed by atoms with Gasteiger partial charge >= 0.3 is 11.9 Å². The van der Waals surface area contributed by atoms with E-state index in [0.29, 0.717) is 76.7 Å². The average Bonchev–Trinajstić information content (AvgIpc) is 3.30. The van der Waals surface area contributed by atoms with Crippen molar-refractivity contribution in [3.63, 3.8) is 0 Å². The van der Waals surface area contributed by atoms with E-state index in [1.807, 2.05) is 0 Å². The molecule has 0 saturated carbocycles. The van der Waals surface area contributed by atoms with Gasteiger partial charge in [-0.15, -0.1) is 0 Å².